The average Bonchev–Trinajstić information content (AvgIpc) is 2.98. The maximum atomic E-state index is 5.80. The molecule has 18 heavy (non-hydrogen) atoms. The van der Waals surface area contributed by atoms with Crippen LogP contribution in [-0.2, 0) is 0 Å². The first-order valence-corrected chi connectivity index (χ1v) is 7.28. The molecule has 0 saturated heterocycles. The lowest BCUT2D eigenvalue weighted by atomic mass is 10.0. The van der Waals surface area contributed by atoms with Crippen LogP contribution < -0.4 is 11.5 Å². The molecule has 0 atom stereocenters. The zero-order valence-electron chi connectivity index (χ0n) is 9.59. The highest BCUT2D eigenvalue weighted by atomic mass is 32.1. The van der Waals surface area contributed by atoms with Crippen molar-refractivity contribution in [3.63, 3.8) is 0 Å². The summed E-state index contributed by atoms with van der Waals surface area (Å²) in [4.78, 5) is 2.38. The standard InChI is InChI=1S/C14H12N2S2/c15-9-5-13(17-7-9)11-3-1-2-4-12(11)14-6-10(16)8-18-14/h1-8H,15-16H2. The zero-order valence-corrected chi connectivity index (χ0v) is 11.2. The summed E-state index contributed by atoms with van der Waals surface area (Å²) in [5, 5.41) is 3.93. The number of nitrogen functional groups attached to an aromatic ring is 2. The van der Waals surface area contributed by atoms with E-state index in [0.29, 0.717) is 0 Å². The van der Waals surface area contributed by atoms with E-state index in [4.69, 9.17) is 11.5 Å². The summed E-state index contributed by atoms with van der Waals surface area (Å²) in [6.07, 6.45) is 0. The topological polar surface area (TPSA) is 52.0 Å². The molecule has 0 saturated carbocycles. The second-order valence-electron chi connectivity index (χ2n) is 4.03. The molecule has 0 bridgehead atoms. The molecular formula is C14H12N2S2. The summed E-state index contributed by atoms with van der Waals surface area (Å²) >= 11 is 3.33. The summed E-state index contributed by atoms with van der Waals surface area (Å²) in [7, 11) is 0. The van der Waals surface area contributed by atoms with Crippen LogP contribution in [0.5, 0.6) is 0 Å². The van der Waals surface area contributed by atoms with E-state index in [0.717, 1.165) is 11.4 Å². The Morgan fingerprint density at radius 1 is 0.722 bits per heavy atom. The molecule has 4 heteroatoms. The minimum Gasteiger partial charge on any atom is -0.398 e. The zero-order chi connectivity index (χ0) is 12.5. The smallest absolute Gasteiger partial charge is 0.0429 e. The van der Waals surface area contributed by atoms with Crippen molar-refractivity contribution in [2.75, 3.05) is 11.5 Å². The van der Waals surface area contributed by atoms with Crippen molar-refractivity contribution in [1.29, 1.82) is 0 Å². The van der Waals surface area contributed by atoms with Crippen molar-refractivity contribution in [2.24, 2.45) is 0 Å². The third kappa shape index (κ3) is 2.00. The summed E-state index contributed by atoms with van der Waals surface area (Å²) in [5.74, 6) is 0. The van der Waals surface area contributed by atoms with Crippen LogP contribution in [0.3, 0.4) is 0 Å². The van der Waals surface area contributed by atoms with Crippen LogP contribution in [0.1, 0.15) is 0 Å². The van der Waals surface area contributed by atoms with Crippen LogP contribution in [0.25, 0.3) is 20.9 Å². The van der Waals surface area contributed by atoms with Crippen LogP contribution >= 0.6 is 22.7 Å². The molecule has 4 N–H and O–H groups in total. The lowest BCUT2D eigenvalue weighted by Crippen LogP contribution is -1.81. The average molecular weight is 272 g/mol. The Balaban J connectivity index is 2.16. The maximum absolute atomic E-state index is 5.80. The SMILES string of the molecule is Nc1csc(-c2ccccc2-c2cc(N)cs2)c1. The first-order chi connectivity index (χ1) is 8.74. The highest BCUT2D eigenvalue weighted by molar-refractivity contribution is 7.15. The van der Waals surface area contributed by atoms with Gasteiger partial charge in [-0.15, -0.1) is 22.7 Å². The molecule has 0 fully saturated rings. The van der Waals surface area contributed by atoms with Crippen LogP contribution in [0.15, 0.2) is 47.2 Å². The van der Waals surface area contributed by atoms with Gasteiger partial charge in [0.25, 0.3) is 0 Å². The van der Waals surface area contributed by atoms with E-state index < -0.39 is 0 Å². The maximum Gasteiger partial charge on any atom is 0.0429 e. The fourth-order valence-electron chi connectivity index (χ4n) is 1.90. The van der Waals surface area contributed by atoms with Gasteiger partial charge in [-0.05, 0) is 12.1 Å². The number of anilines is 2. The van der Waals surface area contributed by atoms with Crippen molar-refractivity contribution < 1.29 is 0 Å². The number of benzene rings is 1. The first-order valence-electron chi connectivity index (χ1n) is 5.52. The van der Waals surface area contributed by atoms with E-state index in [9.17, 15) is 0 Å². The first kappa shape index (κ1) is 11.3. The Morgan fingerprint density at radius 2 is 1.17 bits per heavy atom. The largest absolute Gasteiger partial charge is 0.398 e. The second kappa shape index (κ2) is 4.48. The van der Waals surface area contributed by atoms with Gasteiger partial charge in [-0.25, -0.2) is 0 Å². The Hall–Kier alpha value is -1.78. The molecule has 0 spiro atoms. The Morgan fingerprint density at radius 3 is 1.50 bits per heavy atom. The van der Waals surface area contributed by atoms with Crippen LogP contribution in [-0.4, -0.2) is 0 Å². The molecule has 0 aliphatic carbocycles. The summed E-state index contributed by atoms with van der Waals surface area (Å²) in [6, 6.07) is 12.4. The number of hydrogen-bond acceptors (Lipinski definition) is 4. The normalized spacial score (nSPS) is 10.7. The molecule has 0 unspecified atom stereocenters. The van der Waals surface area contributed by atoms with Crippen molar-refractivity contribution in [3.05, 3.63) is 47.2 Å². The molecule has 2 nitrogen and oxygen atoms in total. The van der Waals surface area contributed by atoms with Crippen molar-refractivity contribution >= 4 is 34.0 Å². The van der Waals surface area contributed by atoms with E-state index in [1.54, 1.807) is 22.7 Å². The minimum absolute atomic E-state index is 0.815. The van der Waals surface area contributed by atoms with E-state index in [-0.39, 0.29) is 0 Å². The van der Waals surface area contributed by atoms with Gasteiger partial charge in [-0.3, -0.25) is 0 Å². The Kier molecular flexibility index (Phi) is 2.81. The summed E-state index contributed by atoms with van der Waals surface area (Å²) < 4.78 is 0. The van der Waals surface area contributed by atoms with Gasteiger partial charge in [0.05, 0.1) is 0 Å². The molecule has 0 amide bonds. The number of nitrogens with two attached hydrogens (primary N) is 2. The Bertz CT molecular complexity index is 623. The fraction of sp³-hybridized carbons (Fsp3) is 0. The third-order valence-electron chi connectivity index (χ3n) is 2.70. The molecule has 2 heterocycles. The Labute approximate surface area is 114 Å². The van der Waals surface area contributed by atoms with Gasteiger partial charge in [0.15, 0.2) is 0 Å². The predicted molar refractivity (Wildman–Crippen MR) is 81.9 cm³/mol. The number of rotatable bonds is 2. The van der Waals surface area contributed by atoms with Crippen molar-refractivity contribution in [1.82, 2.24) is 0 Å². The highest BCUT2D eigenvalue weighted by Crippen LogP contribution is 2.38. The van der Waals surface area contributed by atoms with Crippen LogP contribution in [0.2, 0.25) is 0 Å². The molecular weight excluding hydrogens is 260 g/mol. The lowest BCUT2D eigenvalue weighted by molar-refractivity contribution is 1.68. The van der Waals surface area contributed by atoms with Gasteiger partial charge < -0.3 is 11.5 Å². The van der Waals surface area contributed by atoms with Gasteiger partial charge in [0.1, 0.15) is 0 Å². The van der Waals surface area contributed by atoms with E-state index in [2.05, 4.69) is 12.1 Å². The third-order valence-corrected chi connectivity index (χ3v) is 4.66. The van der Waals surface area contributed by atoms with Crippen molar-refractivity contribution in [2.45, 2.75) is 0 Å². The molecule has 0 aliphatic heterocycles. The van der Waals surface area contributed by atoms with Gasteiger partial charge in [-0.2, -0.15) is 0 Å². The molecule has 1 aromatic carbocycles. The molecule has 2 aromatic heterocycles. The fourth-order valence-corrected chi connectivity index (χ4v) is 3.58. The minimum atomic E-state index is 0.815. The summed E-state index contributed by atoms with van der Waals surface area (Å²) in [5.41, 5.74) is 15.7. The highest BCUT2D eigenvalue weighted by Gasteiger charge is 2.10. The predicted octanol–water partition coefficient (Wildman–Crippen LogP) is 4.31. The molecule has 3 rings (SSSR count). The van der Waals surface area contributed by atoms with Crippen molar-refractivity contribution in [3.8, 4) is 20.9 Å². The van der Waals surface area contributed by atoms with Gasteiger partial charge >= 0.3 is 0 Å². The van der Waals surface area contributed by atoms with Crippen LogP contribution in [0.4, 0.5) is 11.4 Å². The van der Waals surface area contributed by atoms with E-state index in [1.165, 1.54) is 20.9 Å². The van der Waals surface area contributed by atoms with Gasteiger partial charge in [-0.1, -0.05) is 24.3 Å². The lowest BCUT2D eigenvalue weighted by Gasteiger charge is -2.05. The number of hydrogen-bond donors (Lipinski definition) is 2. The van der Waals surface area contributed by atoms with Gasteiger partial charge in [0.2, 0.25) is 0 Å². The molecule has 0 aliphatic rings. The molecule has 3 aromatic rings. The quantitative estimate of drug-likeness (QED) is 0.730. The van der Waals surface area contributed by atoms with E-state index in [1.807, 2.05) is 35.0 Å². The molecule has 90 valence electrons. The molecule has 0 radical (unpaired) electrons. The number of thiophene rings is 2. The summed E-state index contributed by atoms with van der Waals surface area (Å²) in [6.45, 7) is 0. The monoisotopic (exact) mass is 272 g/mol. The van der Waals surface area contributed by atoms with E-state index >= 15 is 0 Å². The second-order valence-corrected chi connectivity index (χ2v) is 5.86. The van der Waals surface area contributed by atoms with Gasteiger partial charge in [0, 0.05) is 43.0 Å². The van der Waals surface area contributed by atoms with Crippen LogP contribution in [0, 0.1) is 0 Å².